The van der Waals surface area contributed by atoms with Crippen LogP contribution in [-0.2, 0) is 21.4 Å². The number of rotatable bonds is 8. The van der Waals surface area contributed by atoms with E-state index in [1.54, 1.807) is 29.6 Å². The number of sulfonamides is 1. The molecule has 4 rings (SSSR count). The van der Waals surface area contributed by atoms with Gasteiger partial charge in [0.2, 0.25) is 15.9 Å². The van der Waals surface area contributed by atoms with Crippen LogP contribution in [0.15, 0.2) is 45.0 Å². The van der Waals surface area contributed by atoms with Crippen molar-refractivity contribution in [3.8, 4) is 17.2 Å². The van der Waals surface area contributed by atoms with Gasteiger partial charge in [0.05, 0.1) is 6.61 Å². The lowest BCUT2D eigenvalue weighted by atomic mass is 10.2. The summed E-state index contributed by atoms with van der Waals surface area (Å²) in [6, 6.07) is 8.62. The van der Waals surface area contributed by atoms with Gasteiger partial charge in [-0.3, -0.25) is 0 Å². The number of thiophene rings is 1. The van der Waals surface area contributed by atoms with Crippen LogP contribution in [0, 0.1) is 0 Å². The second kappa shape index (κ2) is 9.80. The molecule has 1 fully saturated rings. The van der Waals surface area contributed by atoms with E-state index in [-0.39, 0.29) is 28.2 Å². The summed E-state index contributed by atoms with van der Waals surface area (Å²) in [5.41, 5.74) is 0.701. The van der Waals surface area contributed by atoms with Gasteiger partial charge in [-0.05, 0) is 55.5 Å². The first-order chi connectivity index (χ1) is 15.5. The molecular weight excluding hydrogens is 454 g/mol. The van der Waals surface area contributed by atoms with Gasteiger partial charge in [0.15, 0.2) is 6.61 Å². The van der Waals surface area contributed by atoms with Crippen LogP contribution >= 0.6 is 11.3 Å². The number of carbonyl (C=O) groups is 1. The summed E-state index contributed by atoms with van der Waals surface area (Å²) in [5, 5.41) is 9.45. The fraction of sp³-hybridized carbons (Fsp3) is 0.381. The van der Waals surface area contributed by atoms with E-state index in [4.69, 9.17) is 13.9 Å². The summed E-state index contributed by atoms with van der Waals surface area (Å²) in [6.45, 7) is 3.14. The van der Waals surface area contributed by atoms with Gasteiger partial charge in [0.1, 0.15) is 15.5 Å². The third kappa shape index (κ3) is 4.84. The van der Waals surface area contributed by atoms with E-state index in [1.165, 1.54) is 10.4 Å². The van der Waals surface area contributed by atoms with Crippen molar-refractivity contribution < 1.29 is 27.1 Å². The molecule has 1 aliphatic heterocycles. The Kier molecular flexibility index (Phi) is 6.87. The smallest absolute Gasteiger partial charge is 0.350 e. The molecule has 0 amide bonds. The maximum absolute atomic E-state index is 12.9. The van der Waals surface area contributed by atoms with E-state index in [2.05, 4.69) is 10.2 Å². The van der Waals surface area contributed by atoms with Crippen molar-refractivity contribution >= 4 is 27.3 Å². The minimum Gasteiger partial charge on any atom is -0.494 e. The predicted octanol–water partition coefficient (Wildman–Crippen LogP) is 3.73. The number of nitrogens with zero attached hydrogens (tertiary/aromatic N) is 3. The number of benzene rings is 1. The normalized spacial score (nSPS) is 14.9. The second-order valence-corrected chi connectivity index (χ2v) is 9.94. The molecule has 3 heterocycles. The van der Waals surface area contributed by atoms with E-state index < -0.39 is 16.0 Å². The molecule has 0 bridgehead atoms. The van der Waals surface area contributed by atoms with Gasteiger partial charge < -0.3 is 13.9 Å². The van der Waals surface area contributed by atoms with E-state index in [0.717, 1.165) is 36.3 Å². The number of ether oxygens (including phenoxy) is 2. The lowest BCUT2D eigenvalue weighted by Gasteiger charge is -2.25. The van der Waals surface area contributed by atoms with Crippen LogP contribution < -0.4 is 4.74 Å². The highest BCUT2D eigenvalue weighted by Gasteiger charge is 2.31. The van der Waals surface area contributed by atoms with Gasteiger partial charge in [0, 0.05) is 18.7 Å². The highest BCUT2D eigenvalue weighted by Crippen LogP contribution is 2.28. The third-order valence-corrected chi connectivity index (χ3v) is 7.92. The molecule has 0 atom stereocenters. The van der Waals surface area contributed by atoms with E-state index in [9.17, 15) is 13.2 Å². The Morgan fingerprint density at radius 2 is 1.88 bits per heavy atom. The minimum atomic E-state index is -3.74. The predicted molar refractivity (Wildman–Crippen MR) is 117 cm³/mol. The van der Waals surface area contributed by atoms with Crippen molar-refractivity contribution in [2.24, 2.45) is 0 Å². The molecule has 0 unspecified atom stereocenters. The Morgan fingerprint density at radius 1 is 1.12 bits per heavy atom. The molecule has 11 heteroatoms. The van der Waals surface area contributed by atoms with Gasteiger partial charge in [-0.15, -0.1) is 21.5 Å². The van der Waals surface area contributed by atoms with Crippen LogP contribution in [0.3, 0.4) is 0 Å². The molecule has 170 valence electrons. The first-order valence-electron chi connectivity index (χ1n) is 10.3. The summed E-state index contributed by atoms with van der Waals surface area (Å²) < 4.78 is 43.6. The van der Waals surface area contributed by atoms with E-state index >= 15 is 0 Å². The van der Waals surface area contributed by atoms with Crippen LogP contribution in [0.5, 0.6) is 5.75 Å². The fourth-order valence-corrected chi connectivity index (χ4v) is 6.18. The number of carbonyl (C=O) groups excluding carboxylic acids is 1. The zero-order valence-electron chi connectivity index (χ0n) is 17.5. The Bertz CT molecular complexity index is 1160. The van der Waals surface area contributed by atoms with Crippen LogP contribution in [0.4, 0.5) is 0 Å². The molecule has 1 saturated heterocycles. The van der Waals surface area contributed by atoms with E-state index in [1.807, 2.05) is 6.92 Å². The number of hydrogen-bond donors (Lipinski definition) is 0. The first kappa shape index (κ1) is 22.4. The van der Waals surface area contributed by atoms with Gasteiger partial charge >= 0.3 is 5.97 Å². The van der Waals surface area contributed by atoms with Crippen molar-refractivity contribution in [3.63, 3.8) is 0 Å². The summed E-state index contributed by atoms with van der Waals surface area (Å²) in [7, 11) is -3.74. The van der Waals surface area contributed by atoms with Gasteiger partial charge in [-0.25, -0.2) is 13.2 Å². The molecule has 2 aromatic heterocycles. The zero-order valence-corrected chi connectivity index (χ0v) is 19.2. The number of esters is 1. The second-order valence-electron chi connectivity index (χ2n) is 7.11. The maximum atomic E-state index is 12.9. The van der Waals surface area contributed by atoms with Crippen LogP contribution in [0.25, 0.3) is 11.5 Å². The van der Waals surface area contributed by atoms with Crippen molar-refractivity contribution in [3.05, 3.63) is 46.5 Å². The standard InChI is InChI=1S/C21H23N3O6S2/c1-2-28-16-8-6-15(7-9-16)20-23-22-18(30-20)14-29-21(25)19-17(10-13-31-19)32(26,27)24-11-4-3-5-12-24/h6-10,13H,2-5,11-12,14H2,1H3. The van der Waals surface area contributed by atoms with Crippen molar-refractivity contribution in [2.45, 2.75) is 37.7 Å². The molecule has 0 N–H and O–H groups in total. The Labute approximate surface area is 190 Å². The largest absolute Gasteiger partial charge is 0.494 e. The van der Waals surface area contributed by atoms with Crippen molar-refractivity contribution in [1.82, 2.24) is 14.5 Å². The topological polar surface area (TPSA) is 112 Å². The maximum Gasteiger partial charge on any atom is 0.350 e. The van der Waals surface area contributed by atoms with Crippen molar-refractivity contribution in [2.75, 3.05) is 19.7 Å². The summed E-state index contributed by atoms with van der Waals surface area (Å²) in [4.78, 5) is 12.6. The monoisotopic (exact) mass is 477 g/mol. The lowest BCUT2D eigenvalue weighted by Crippen LogP contribution is -2.36. The zero-order chi connectivity index (χ0) is 22.6. The van der Waals surface area contributed by atoms with Crippen LogP contribution in [0.2, 0.25) is 0 Å². The Morgan fingerprint density at radius 3 is 2.59 bits per heavy atom. The molecular formula is C21H23N3O6S2. The number of piperidine rings is 1. The average Bonchev–Trinajstić information content (AvgIpc) is 3.49. The highest BCUT2D eigenvalue weighted by molar-refractivity contribution is 7.89. The first-order valence-corrected chi connectivity index (χ1v) is 12.6. The van der Waals surface area contributed by atoms with Crippen LogP contribution in [0.1, 0.15) is 41.7 Å². The van der Waals surface area contributed by atoms with Gasteiger partial charge in [0.25, 0.3) is 5.89 Å². The number of aromatic nitrogens is 2. The molecule has 1 aromatic carbocycles. The Balaban J connectivity index is 1.41. The van der Waals surface area contributed by atoms with Gasteiger partial charge in [-0.1, -0.05) is 6.42 Å². The lowest BCUT2D eigenvalue weighted by molar-refractivity contribution is 0.0440. The van der Waals surface area contributed by atoms with Crippen LogP contribution in [-0.4, -0.2) is 48.6 Å². The average molecular weight is 478 g/mol. The summed E-state index contributed by atoms with van der Waals surface area (Å²) >= 11 is 1.03. The Hall–Kier alpha value is -2.76. The third-order valence-electron chi connectivity index (χ3n) is 4.95. The molecule has 32 heavy (non-hydrogen) atoms. The highest BCUT2D eigenvalue weighted by atomic mass is 32.2. The molecule has 0 saturated carbocycles. The quantitative estimate of drug-likeness (QED) is 0.451. The number of hydrogen-bond acceptors (Lipinski definition) is 9. The summed E-state index contributed by atoms with van der Waals surface area (Å²) in [6.07, 6.45) is 2.64. The molecule has 0 aliphatic carbocycles. The molecule has 9 nitrogen and oxygen atoms in total. The van der Waals surface area contributed by atoms with Gasteiger partial charge in [-0.2, -0.15) is 4.31 Å². The fourth-order valence-electron chi connectivity index (χ4n) is 3.38. The molecule has 0 radical (unpaired) electrons. The molecule has 3 aromatic rings. The summed E-state index contributed by atoms with van der Waals surface area (Å²) in [5.74, 6) is 0.385. The van der Waals surface area contributed by atoms with E-state index in [0.29, 0.717) is 25.3 Å². The molecule has 1 aliphatic rings. The van der Waals surface area contributed by atoms with Crippen molar-refractivity contribution in [1.29, 1.82) is 0 Å². The minimum absolute atomic E-state index is 0.0185. The SMILES string of the molecule is CCOc1ccc(-c2nnc(COC(=O)c3sccc3S(=O)(=O)N3CCCCC3)o2)cc1. The molecule has 0 spiro atoms.